The van der Waals surface area contributed by atoms with E-state index in [1.165, 1.54) is 0 Å². The Morgan fingerprint density at radius 2 is 0.872 bits per heavy atom. The summed E-state index contributed by atoms with van der Waals surface area (Å²) in [5.74, 6) is 1.91. The van der Waals surface area contributed by atoms with Gasteiger partial charge in [0.05, 0.1) is 25.6 Å². The maximum absolute atomic E-state index is 9.94. The zero-order valence-corrected chi connectivity index (χ0v) is 22.2. The number of rotatable bonds is 8. The maximum Gasteiger partial charge on any atom is 0.142 e. The molecule has 0 spiro atoms. The lowest BCUT2D eigenvalue weighted by atomic mass is 9.71. The van der Waals surface area contributed by atoms with E-state index in [0.29, 0.717) is 0 Å². The van der Waals surface area contributed by atoms with Gasteiger partial charge in [-0.1, -0.05) is 60.7 Å². The first-order valence-corrected chi connectivity index (χ1v) is 12.7. The van der Waals surface area contributed by atoms with Crippen LogP contribution in [0.15, 0.2) is 121 Å². The number of ether oxygens (including phenoxy) is 2. The number of hydrogen-bond donors (Lipinski definition) is 2. The van der Waals surface area contributed by atoms with Crippen LogP contribution in [0.2, 0.25) is 0 Å². The molecule has 0 unspecified atom stereocenters. The highest BCUT2D eigenvalue weighted by Crippen LogP contribution is 2.45. The van der Waals surface area contributed by atoms with Gasteiger partial charge in [0.15, 0.2) is 0 Å². The van der Waals surface area contributed by atoms with Crippen LogP contribution < -0.4 is 14.4 Å². The molecule has 0 fully saturated rings. The van der Waals surface area contributed by atoms with Crippen LogP contribution in [0.5, 0.6) is 23.0 Å². The fourth-order valence-corrected chi connectivity index (χ4v) is 5.07. The minimum absolute atomic E-state index is 0.214. The molecule has 0 aliphatic carbocycles. The first-order chi connectivity index (χ1) is 19.0. The Bertz CT molecular complexity index is 1450. The van der Waals surface area contributed by atoms with Gasteiger partial charge in [0.2, 0.25) is 0 Å². The van der Waals surface area contributed by atoms with Crippen molar-refractivity contribution < 1.29 is 19.7 Å². The molecule has 39 heavy (non-hydrogen) atoms. The first-order valence-electron chi connectivity index (χ1n) is 12.7. The summed E-state index contributed by atoms with van der Waals surface area (Å²) < 4.78 is 11.5. The molecule has 0 atom stereocenters. The van der Waals surface area contributed by atoms with E-state index >= 15 is 0 Å². The fraction of sp³-hybridized carbons (Fsp3) is 0.118. The summed E-state index contributed by atoms with van der Waals surface area (Å²) in [6.45, 7) is 2.15. The highest BCUT2D eigenvalue weighted by molar-refractivity contribution is 5.83. The third-order valence-electron chi connectivity index (χ3n) is 7.24. The summed E-state index contributed by atoms with van der Waals surface area (Å²) in [5.41, 5.74) is 5.26. The van der Waals surface area contributed by atoms with Crippen molar-refractivity contribution in [2.75, 3.05) is 19.1 Å². The molecule has 5 aromatic carbocycles. The van der Waals surface area contributed by atoms with Crippen LogP contribution in [0.1, 0.15) is 23.6 Å². The van der Waals surface area contributed by atoms with Crippen LogP contribution >= 0.6 is 0 Å². The Kier molecular flexibility index (Phi) is 7.15. The van der Waals surface area contributed by atoms with Crippen molar-refractivity contribution in [2.45, 2.75) is 12.3 Å². The Morgan fingerprint density at radius 3 is 1.26 bits per heavy atom. The van der Waals surface area contributed by atoms with Gasteiger partial charge in [0.25, 0.3) is 0 Å². The molecule has 0 radical (unpaired) electrons. The monoisotopic (exact) mass is 517 g/mol. The molecule has 2 N–H and O–H groups in total. The number of para-hydroxylation sites is 4. The van der Waals surface area contributed by atoms with Crippen molar-refractivity contribution in [3.05, 3.63) is 138 Å². The quantitative estimate of drug-likeness (QED) is 0.205. The van der Waals surface area contributed by atoms with E-state index in [4.69, 9.17) is 9.47 Å². The molecule has 0 aromatic heterocycles. The van der Waals surface area contributed by atoms with E-state index in [1.54, 1.807) is 38.5 Å². The number of methoxy groups -OCH3 is 2. The molecule has 5 aromatic rings. The lowest BCUT2D eigenvalue weighted by Crippen LogP contribution is -2.25. The van der Waals surface area contributed by atoms with Gasteiger partial charge in [-0.05, 0) is 84.3 Å². The molecule has 5 heteroatoms. The fourth-order valence-electron chi connectivity index (χ4n) is 5.07. The smallest absolute Gasteiger partial charge is 0.142 e. The third-order valence-corrected chi connectivity index (χ3v) is 7.24. The SMILES string of the molecule is COc1ccccc1N(c1ccc(C(C)(c2ccc(O)cc2)c2ccc(O)cc2)cc1)c1ccccc1OC. The van der Waals surface area contributed by atoms with Gasteiger partial charge in [-0.2, -0.15) is 0 Å². The lowest BCUT2D eigenvalue weighted by Gasteiger charge is -2.33. The number of benzene rings is 5. The average molecular weight is 518 g/mol. The molecule has 0 saturated carbocycles. The number of phenols is 2. The molecular weight excluding hydrogens is 486 g/mol. The predicted molar refractivity (Wildman–Crippen MR) is 156 cm³/mol. The third kappa shape index (κ3) is 4.87. The topological polar surface area (TPSA) is 62.2 Å². The second-order valence-corrected chi connectivity index (χ2v) is 9.44. The Morgan fingerprint density at radius 1 is 0.513 bits per heavy atom. The summed E-state index contributed by atoms with van der Waals surface area (Å²) in [7, 11) is 3.34. The van der Waals surface area contributed by atoms with E-state index < -0.39 is 5.41 Å². The first kappa shape index (κ1) is 25.7. The van der Waals surface area contributed by atoms with Gasteiger partial charge in [-0.3, -0.25) is 0 Å². The van der Waals surface area contributed by atoms with E-state index in [1.807, 2.05) is 72.8 Å². The Balaban J connectivity index is 1.67. The molecule has 196 valence electrons. The molecule has 0 amide bonds. The van der Waals surface area contributed by atoms with Gasteiger partial charge in [0, 0.05) is 11.1 Å². The van der Waals surface area contributed by atoms with Crippen molar-refractivity contribution in [3.8, 4) is 23.0 Å². The predicted octanol–water partition coefficient (Wildman–Crippen LogP) is 7.94. The van der Waals surface area contributed by atoms with Crippen LogP contribution in [-0.4, -0.2) is 24.4 Å². The second kappa shape index (κ2) is 10.8. The van der Waals surface area contributed by atoms with Gasteiger partial charge >= 0.3 is 0 Å². The van der Waals surface area contributed by atoms with Crippen molar-refractivity contribution >= 4 is 17.1 Å². The highest BCUT2D eigenvalue weighted by Gasteiger charge is 2.32. The standard InChI is InChI=1S/C34H31NO4/c1-34(25-14-20-28(36)21-15-25,26-16-22-29(37)23-17-26)24-12-18-27(19-13-24)35(30-8-4-6-10-32(30)38-2)31-9-5-7-11-33(31)39-3/h4-23,36-37H,1-3H3. The van der Waals surface area contributed by atoms with Gasteiger partial charge < -0.3 is 24.6 Å². The Hall–Kier alpha value is -4.90. The number of phenolic OH excluding ortho intramolecular Hbond substituents is 2. The van der Waals surface area contributed by atoms with Crippen LogP contribution in [-0.2, 0) is 5.41 Å². The summed E-state index contributed by atoms with van der Waals surface area (Å²) in [6, 6.07) is 38.8. The number of nitrogens with zero attached hydrogens (tertiary/aromatic N) is 1. The van der Waals surface area contributed by atoms with Crippen molar-refractivity contribution in [1.29, 1.82) is 0 Å². The van der Waals surface area contributed by atoms with Gasteiger partial charge in [-0.15, -0.1) is 0 Å². The van der Waals surface area contributed by atoms with E-state index in [9.17, 15) is 10.2 Å². The molecule has 5 rings (SSSR count). The second-order valence-electron chi connectivity index (χ2n) is 9.44. The maximum atomic E-state index is 9.94. The largest absolute Gasteiger partial charge is 0.508 e. The lowest BCUT2D eigenvalue weighted by molar-refractivity contribution is 0.412. The van der Waals surface area contributed by atoms with Crippen molar-refractivity contribution in [3.63, 3.8) is 0 Å². The van der Waals surface area contributed by atoms with Crippen LogP contribution in [0, 0.1) is 0 Å². The summed E-state index contributed by atoms with van der Waals surface area (Å²) in [6.07, 6.45) is 0. The van der Waals surface area contributed by atoms with Crippen LogP contribution in [0.25, 0.3) is 0 Å². The number of hydrogen-bond acceptors (Lipinski definition) is 5. The molecule has 0 aliphatic heterocycles. The normalized spacial score (nSPS) is 11.2. The molecule has 0 saturated heterocycles. The average Bonchev–Trinajstić information content (AvgIpc) is 2.98. The number of aromatic hydroxyl groups is 2. The van der Waals surface area contributed by atoms with E-state index in [2.05, 4.69) is 36.1 Å². The zero-order valence-electron chi connectivity index (χ0n) is 22.2. The van der Waals surface area contributed by atoms with Crippen LogP contribution in [0.4, 0.5) is 17.1 Å². The highest BCUT2D eigenvalue weighted by atomic mass is 16.5. The Labute approximate surface area is 229 Å². The van der Waals surface area contributed by atoms with Crippen LogP contribution in [0.3, 0.4) is 0 Å². The zero-order chi connectivity index (χ0) is 27.4. The summed E-state index contributed by atoms with van der Waals surface area (Å²) >= 11 is 0. The van der Waals surface area contributed by atoms with Crippen molar-refractivity contribution in [2.24, 2.45) is 0 Å². The minimum Gasteiger partial charge on any atom is -0.508 e. The van der Waals surface area contributed by atoms with Crippen molar-refractivity contribution in [1.82, 2.24) is 0 Å². The number of anilines is 3. The summed E-state index contributed by atoms with van der Waals surface area (Å²) in [5, 5.41) is 19.9. The molecular formula is C34H31NO4. The van der Waals surface area contributed by atoms with E-state index in [0.717, 1.165) is 45.3 Å². The summed E-state index contributed by atoms with van der Waals surface area (Å²) in [4.78, 5) is 2.12. The molecule has 0 aliphatic rings. The molecule has 5 nitrogen and oxygen atoms in total. The van der Waals surface area contributed by atoms with Gasteiger partial charge in [-0.25, -0.2) is 0 Å². The molecule has 0 heterocycles. The minimum atomic E-state index is -0.542. The molecule has 0 bridgehead atoms. The van der Waals surface area contributed by atoms with E-state index in [-0.39, 0.29) is 11.5 Å². The van der Waals surface area contributed by atoms with Gasteiger partial charge in [0.1, 0.15) is 23.0 Å².